The fourth-order valence-electron chi connectivity index (χ4n) is 7.56. The molecule has 0 aromatic heterocycles. The van der Waals surface area contributed by atoms with Crippen LogP contribution in [0.3, 0.4) is 0 Å². The van der Waals surface area contributed by atoms with E-state index in [2.05, 4.69) is 46.8 Å². The van der Waals surface area contributed by atoms with Crippen LogP contribution in [0.1, 0.15) is 67.2 Å². The first kappa shape index (κ1) is 19.1. The number of hydrogen-bond acceptors (Lipinski definition) is 4. The predicted molar refractivity (Wildman–Crippen MR) is 104 cm³/mol. The Balaban J connectivity index is 1.52. The lowest BCUT2D eigenvalue weighted by Gasteiger charge is -2.32. The zero-order chi connectivity index (χ0) is 20.0. The van der Waals surface area contributed by atoms with Crippen LogP contribution < -0.4 is 0 Å². The minimum absolute atomic E-state index is 0.0268. The largest absolute Gasteiger partial charge is 0.299 e. The van der Waals surface area contributed by atoms with Crippen molar-refractivity contribution in [2.75, 3.05) is 13.1 Å². The van der Waals surface area contributed by atoms with Gasteiger partial charge in [0.25, 0.3) is 0 Å². The molecule has 0 aliphatic heterocycles. The molecule has 0 N–H and O–H groups in total. The Hall–Kier alpha value is -1.26. The van der Waals surface area contributed by atoms with E-state index >= 15 is 0 Å². The van der Waals surface area contributed by atoms with Gasteiger partial charge in [0.15, 0.2) is 0 Å². The molecule has 4 saturated carbocycles. The van der Waals surface area contributed by atoms with E-state index in [0.29, 0.717) is 36.5 Å². The molecular weight excluding hydrogens is 340 g/mol. The van der Waals surface area contributed by atoms with Gasteiger partial charge in [-0.15, -0.1) is 4.91 Å². The summed E-state index contributed by atoms with van der Waals surface area (Å²) in [5, 5.41) is 4.78. The van der Waals surface area contributed by atoms with Crippen LogP contribution in [0.2, 0.25) is 0 Å². The molecule has 150 valence electrons. The van der Waals surface area contributed by atoms with E-state index in [1.54, 1.807) is 0 Å². The zero-order valence-electron chi connectivity index (χ0n) is 17.7. The second-order valence-corrected chi connectivity index (χ2v) is 11.3. The molecule has 27 heavy (non-hydrogen) atoms. The van der Waals surface area contributed by atoms with Crippen molar-refractivity contribution in [3.63, 3.8) is 0 Å². The maximum Gasteiger partial charge on any atom is 0.144 e. The van der Waals surface area contributed by atoms with Gasteiger partial charge in [-0.3, -0.25) is 14.6 Å². The molecule has 4 aliphatic rings. The van der Waals surface area contributed by atoms with E-state index in [1.807, 2.05) is 0 Å². The van der Waals surface area contributed by atoms with Gasteiger partial charge in [0.2, 0.25) is 0 Å². The molecule has 4 rings (SSSR count). The minimum Gasteiger partial charge on any atom is -0.299 e. The Kier molecular flexibility index (Phi) is 3.83. The van der Waals surface area contributed by atoms with E-state index in [-0.39, 0.29) is 33.5 Å². The molecule has 6 atom stereocenters. The van der Waals surface area contributed by atoms with Crippen molar-refractivity contribution >= 4 is 11.6 Å². The summed E-state index contributed by atoms with van der Waals surface area (Å²) < 4.78 is 0. The second-order valence-electron chi connectivity index (χ2n) is 11.3. The van der Waals surface area contributed by atoms with Gasteiger partial charge in [-0.1, -0.05) is 41.5 Å². The van der Waals surface area contributed by atoms with E-state index in [0.717, 1.165) is 25.7 Å². The second kappa shape index (κ2) is 5.42. The van der Waals surface area contributed by atoms with Crippen LogP contribution >= 0.6 is 0 Å². The lowest BCUT2D eigenvalue weighted by Crippen LogP contribution is -2.41. The van der Waals surface area contributed by atoms with E-state index in [1.165, 1.54) is 5.01 Å². The van der Waals surface area contributed by atoms with Gasteiger partial charge in [-0.25, -0.2) is 0 Å². The molecule has 0 amide bonds. The molecule has 0 aromatic carbocycles. The van der Waals surface area contributed by atoms with Crippen LogP contribution in [0.15, 0.2) is 5.29 Å². The summed E-state index contributed by atoms with van der Waals surface area (Å²) in [4.78, 5) is 37.8. The summed E-state index contributed by atoms with van der Waals surface area (Å²) in [6.45, 7) is 13.7. The monoisotopic (exact) mass is 374 g/mol. The lowest BCUT2D eigenvalue weighted by atomic mass is 9.70. The third kappa shape index (κ3) is 2.06. The molecule has 4 fully saturated rings. The summed E-state index contributed by atoms with van der Waals surface area (Å²) in [5.41, 5.74) is -0.620. The van der Waals surface area contributed by atoms with Crippen LogP contribution in [0, 0.1) is 50.2 Å². The summed E-state index contributed by atoms with van der Waals surface area (Å²) >= 11 is 0. The average Bonchev–Trinajstić information content (AvgIpc) is 3.07. The van der Waals surface area contributed by atoms with Crippen molar-refractivity contribution in [2.24, 2.45) is 50.6 Å². The number of carbonyl (C=O) groups excluding carboxylic acids is 2. The predicted octanol–water partition coefficient (Wildman–Crippen LogP) is 4.25. The topological polar surface area (TPSA) is 66.8 Å². The van der Waals surface area contributed by atoms with Gasteiger partial charge >= 0.3 is 0 Å². The zero-order valence-corrected chi connectivity index (χ0v) is 17.7. The number of nitrogens with zero attached hydrogens (tertiary/aromatic N) is 2. The highest BCUT2D eigenvalue weighted by atomic mass is 16.3. The lowest BCUT2D eigenvalue weighted by molar-refractivity contribution is -0.132. The van der Waals surface area contributed by atoms with E-state index < -0.39 is 0 Å². The molecule has 0 saturated heterocycles. The minimum atomic E-state index is -0.283. The number of fused-ring (bicyclic) bond motifs is 4. The molecule has 0 spiro atoms. The van der Waals surface area contributed by atoms with Crippen molar-refractivity contribution in [1.29, 1.82) is 0 Å². The Bertz CT molecular complexity index is 658. The quantitative estimate of drug-likeness (QED) is 0.533. The van der Waals surface area contributed by atoms with Crippen molar-refractivity contribution in [3.8, 4) is 0 Å². The summed E-state index contributed by atoms with van der Waals surface area (Å²) in [7, 11) is 0. The van der Waals surface area contributed by atoms with Gasteiger partial charge in [-0.05, 0) is 48.3 Å². The Labute approximate surface area is 162 Å². The van der Waals surface area contributed by atoms with Crippen LogP contribution in [-0.4, -0.2) is 29.7 Å². The molecule has 4 aliphatic carbocycles. The highest BCUT2D eigenvalue weighted by Gasteiger charge is 2.68. The Morgan fingerprint density at radius 3 is 1.44 bits per heavy atom. The number of ketones is 2. The van der Waals surface area contributed by atoms with Crippen LogP contribution in [0.4, 0.5) is 0 Å². The number of carbonyl (C=O) groups is 2. The standard InChI is InChI=1S/C22H34N2O3/c1-19(2)15-7-9-21(19,5)17(25)13(15)11-24(23-27)12-14-16-8-10-22(6,18(14)26)20(16,3)4/h13-16H,7-12H2,1-6H3/t13-,14-,15-,16+,21+,22+/m0/s1. The number of Topliss-reactive ketones (excluding diaryl/α,β-unsaturated/α-hetero) is 2. The molecular formula is C22H34N2O3. The maximum atomic E-state index is 13.1. The summed E-state index contributed by atoms with van der Waals surface area (Å²) in [6, 6.07) is 0. The van der Waals surface area contributed by atoms with Crippen molar-refractivity contribution in [3.05, 3.63) is 4.91 Å². The van der Waals surface area contributed by atoms with Crippen molar-refractivity contribution < 1.29 is 9.59 Å². The molecule has 5 heteroatoms. The van der Waals surface area contributed by atoms with Crippen LogP contribution in [0.5, 0.6) is 0 Å². The number of nitroso groups, excluding NO2 is 1. The Morgan fingerprint density at radius 1 is 0.815 bits per heavy atom. The summed E-state index contributed by atoms with van der Waals surface area (Å²) in [6.07, 6.45) is 3.99. The fraction of sp³-hybridized carbons (Fsp3) is 0.909. The van der Waals surface area contributed by atoms with Gasteiger partial charge in [0.05, 0.1) is 5.29 Å². The fourth-order valence-corrected chi connectivity index (χ4v) is 7.56. The third-order valence-electron chi connectivity index (χ3n) is 10.3. The highest BCUT2D eigenvalue weighted by molar-refractivity contribution is 5.92. The number of rotatable bonds is 5. The van der Waals surface area contributed by atoms with Crippen molar-refractivity contribution in [1.82, 2.24) is 5.01 Å². The van der Waals surface area contributed by atoms with Crippen LogP contribution in [-0.2, 0) is 9.59 Å². The van der Waals surface area contributed by atoms with Gasteiger partial charge < -0.3 is 0 Å². The van der Waals surface area contributed by atoms with E-state index in [9.17, 15) is 14.5 Å². The maximum absolute atomic E-state index is 13.1. The SMILES string of the molecule is CC1(C)[C@@H]2CC[C@]1(C)C(=O)[C@H]2CN(C[C@@H]1C(=O)[C@@]2(C)CC[C@@H]1C2(C)C)N=O. The highest BCUT2D eigenvalue weighted by Crippen LogP contribution is 2.67. The number of hydrogen-bond donors (Lipinski definition) is 0. The van der Waals surface area contributed by atoms with Crippen LogP contribution in [0.25, 0.3) is 0 Å². The smallest absolute Gasteiger partial charge is 0.144 e. The van der Waals surface area contributed by atoms with Crippen molar-refractivity contribution in [2.45, 2.75) is 67.2 Å². The normalized spacial score (nSPS) is 46.3. The first-order valence-electron chi connectivity index (χ1n) is 10.6. The molecule has 0 radical (unpaired) electrons. The molecule has 0 aromatic rings. The molecule has 0 unspecified atom stereocenters. The van der Waals surface area contributed by atoms with Gasteiger partial charge in [0.1, 0.15) is 11.6 Å². The van der Waals surface area contributed by atoms with Gasteiger partial charge in [0, 0.05) is 35.8 Å². The third-order valence-corrected chi connectivity index (χ3v) is 10.3. The summed E-state index contributed by atoms with van der Waals surface area (Å²) in [5.74, 6) is 0.947. The average molecular weight is 375 g/mol. The first-order chi connectivity index (χ1) is 12.4. The molecule has 4 bridgehead atoms. The van der Waals surface area contributed by atoms with E-state index in [4.69, 9.17) is 0 Å². The van der Waals surface area contributed by atoms with Gasteiger partial charge in [-0.2, -0.15) is 0 Å². The first-order valence-corrected chi connectivity index (χ1v) is 10.6. The Morgan fingerprint density at radius 2 is 1.19 bits per heavy atom. The molecule has 5 nitrogen and oxygen atoms in total. The molecule has 0 heterocycles.